The van der Waals surface area contributed by atoms with Gasteiger partial charge in [0, 0.05) is 31.1 Å². The molecule has 0 spiro atoms. The van der Waals surface area contributed by atoms with Gasteiger partial charge in [-0.25, -0.2) is 0 Å². The Morgan fingerprint density at radius 3 is 2.13 bits per heavy atom. The average molecular weight is 339 g/mol. The van der Waals surface area contributed by atoms with Crippen molar-refractivity contribution in [3.8, 4) is 0 Å². The van der Waals surface area contributed by atoms with Crippen LogP contribution in [0, 0.1) is 23.7 Å². The second-order valence-electron chi connectivity index (χ2n) is 9.16. The van der Waals surface area contributed by atoms with Crippen LogP contribution in [0.25, 0.3) is 0 Å². The highest BCUT2D eigenvalue weighted by atomic mass is 35.5. The van der Waals surface area contributed by atoms with E-state index in [1.54, 1.807) is 0 Å². The Kier molecular flexibility index (Phi) is 4.38. The van der Waals surface area contributed by atoms with E-state index in [0.29, 0.717) is 30.0 Å². The summed E-state index contributed by atoms with van der Waals surface area (Å²) in [7, 11) is 0. The van der Waals surface area contributed by atoms with Gasteiger partial charge in [0.2, 0.25) is 5.91 Å². The molecule has 2 aliphatic carbocycles. The fraction of sp³-hybridized carbons (Fsp3) is 0.947. The number of halogens is 1. The maximum Gasteiger partial charge on any atom is 0.223 e. The van der Waals surface area contributed by atoms with E-state index >= 15 is 0 Å². The molecule has 4 aliphatic heterocycles. The minimum Gasteiger partial charge on any atom is -0.339 e. The van der Waals surface area contributed by atoms with E-state index in [0.717, 1.165) is 30.7 Å². The van der Waals surface area contributed by atoms with Gasteiger partial charge in [0.25, 0.3) is 0 Å². The van der Waals surface area contributed by atoms with Crippen LogP contribution < -0.4 is 5.32 Å². The molecular formula is C19H31ClN2O. The molecule has 3 nitrogen and oxygen atoms in total. The maximum atomic E-state index is 13.0. The first-order valence-corrected chi connectivity index (χ1v) is 9.78. The van der Waals surface area contributed by atoms with Gasteiger partial charge in [-0.2, -0.15) is 0 Å². The summed E-state index contributed by atoms with van der Waals surface area (Å²) >= 11 is 0. The molecular weight excluding hydrogens is 308 g/mol. The predicted molar refractivity (Wildman–Crippen MR) is 93.6 cm³/mol. The van der Waals surface area contributed by atoms with E-state index in [2.05, 4.69) is 10.2 Å². The molecule has 0 aromatic rings. The Morgan fingerprint density at radius 2 is 1.48 bits per heavy atom. The number of piperidine rings is 1. The molecule has 4 heterocycles. The van der Waals surface area contributed by atoms with Gasteiger partial charge in [-0.05, 0) is 81.5 Å². The van der Waals surface area contributed by atoms with Crippen LogP contribution in [0.4, 0.5) is 0 Å². The van der Waals surface area contributed by atoms with Gasteiger partial charge in [-0.15, -0.1) is 12.4 Å². The van der Waals surface area contributed by atoms with Crippen molar-refractivity contribution in [1.82, 2.24) is 10.2 Å². The molecule has 0 aromatic heterocycles. The maximum absolute atomic E-state index is 13.0. The van der Waals surface area contributed by atoms with Crippen LogP contribution in [0.5, 0.6) is 0 Å². The number of fused-ring (bicyclic) bond motifs is 3. The average Bonchev–Trinajstić information content (AvgIpc) is 2.69. The van der Waals surface area contributed by atoms with Crippen molar-refractivity contribution in [1.29, 1.82) is 0 Å². The molecule has 6 bridgehead atoms. The van der Waals surface area contributed by atoms with Crippen LogP contribution in [0.15, 0.2) is 0 Å². The number of rotatable bonds is 2. The molecule has 2 saturated carbocycles. The molecule has 1 amide bonds. The van der Waals surface area contributed by atoms with Crippen LogP contribution >= 0.6 is 12.4 Å². The van der Waals surface area contributed by atoms with Crippen LogP contribution in [0.2, 0.25) is 0 Å². The van der Waals surface area contributed by atoms with Crippen LogP contribution in [-0.4, -0.2) is 35.5 Å². The number of hydrogen-bond donors (Lipinski definition) is 1. The van der Waals surface area contributed by atoms with Crippen molar-refractivity contribution in [2.24, 2.45) is 23.7 Å². The molecule has 0 radical (unpaired) electrons. The number of nitrogens with one attached hydrogen (secondary N) is 1. The Bertz CT molecular complexity index is 444. The molecule has 4 saturated heterocycles. The highest BCUT2D eigenvalue weighted by Crippen LogP contribution is 2.47. The molecule has 4 heteroatoms. The molecule has 4 atom stereocenters. The lowest BCUT2D eigenvalue weighted by atomic mass is 9.68. The van der Waals surface area contributed by atoms with Gasteiger partial charge < -0.3 is 10.2 Å². The molecule has 23 heavy (non-hydrogen) atoms. The zero-order valence-electron chi connectivity index (χ0n) is 14.1. The predicted octanol–water partition coefficient (Wildman–Crippen LogP) is 3.37. The number of amides is 1. The summed E-state index contributed by atoms with van der Waals surface area (Å²) in [5.41, 5.74) is 0. The number of carbonyl (C=O) groups excluding carboxylic acids is 1. The molecule has 0 aromatic carbocycles. The summed E-state index contributed by atoms with van der Waals surface area (Å²) in [6, 6.07) is 2.03. The van der Waals surface area contributed by atoms with Gasteiger partial charge in [0.1, 0.15) is 0 Å². The van der Waals surface area contributed by atoms with E-state index < -0.39 is 0 Å². The zero-order chi connectivity index (χ0) is 14.7. The Hall–Kier alpha value is -0.280. The summed E-state index contributed by atoms with van der Waals surface area (Å²) in [4.78, 5) is 15.4. The van der Waals surface area contributed by atoms with Gasteiger partial charge in [0.15, 0.2) is 0 Å². The van der Waals surface area contributed by atoms with E-state index in [9.17, 15) is 4.79 Å². The Labute approximate surface area is 146 Å². The van der Waals surface area contributed by atoms with Crippen molar-refractivity contribution in [2.45, 2.75) is 82.3 Å². The molecule has 1 N–H and O–H groups in total. The third-order valence-corrected chi connectivity index (χ3v) is 7.46. The fourth-order valence-corrected chi connectivity index (χ4v) is 6.80. The monoisotopic (exact) mass is 338 g/mol. The van der Waals surface area contributed by atoms with E-state index in [4.69, 9.17) is 0 Å². The number of hydrogen-bond acceptors (Lipinski definition) is 2. The van der Waals surface area contributed by atoms with Gasteiger partial charge >= 0.3 is 0 Å². The molecule has 6 rings (SSSR count). The smallest absolute Gasteiger partial charge is 0.223 e. The molecule has 6 fully saturated rings. The highest BCUT2D eigenvalue weighted by Gasteiger charge is 2.44. The fourth-order valence-electron chi connectivity index (χ4n) is 6.80. The highest BCUT2D eigenvalue weighted by molar-refractivity contribution is 5.85. The molecule has 4 unspecified atom stereocenters. The van der Waals surface area contributed by atoms with Crippen molar-refractivity contribution in [3.63, 3.8) is 0 Å². The number of carbonyl (C=O) groups is 1. The van der Waals surface area contributed by atoms with Crippen molar-refractivity contribution in [2.75, 3.05) is 6.54 Å². The van der Waals surface area contributed by atoms with Gasteiger partial charge in [0.05, 0.1) is 0 Å². The Balaban J connectivity index is 0.00000135. The number of nitrogens with zero attached hydrogens (tertiary/aromatic N) is 1. The van der Waals surface area contributed by atoms with E-state index in [-0.39, 0.29) is 12.4 Å². The summed E-state index contributed by atoms with van der Waals surface area (Å²) in [5, 5.41) is 3.71. The van der Waals surface area contributed by atoms with Crippen molar-refractivity contribution >= 4 is 18.3 Å². The minimum absolute atomic E-state index is 0. The SMILES string of the molecule is Cl.O=C(CC1CC2CCC(C1)N2)N1CC2CC3CC(C2)CC1C3. The topological polar surface area (TPSA) is 32.3 Å². The third kappa shape index (κ3) is 3.04. The lowest BCUT2D eigenvalue weighted by Gasteiger charge is -2.39. The summed E-state index contributed by atoms with van der Waals surface area (Å²) in [5.74, 6) is 3.86. The zero-order valence-corrected chi connectivity index (χ0v) is 14.9. The van der Waals surface area contributed by atoms with Crippen LogP contribution in [-0.2, 0) is 4.79 Å². The largest absolute Gasteiger partial charge is 0.339 e. The van der Waals surface area contributed by atoms with E-state index in [1.807, 2.05) is 0 Å². The second-order valence-corrected chi connectivity index (χ2v) is 9.16. The Morgan fingerprint density at radius 1 is 0.870 bits per heavy atom. The van der Waals surface area contributed by atoms with Crippen molar-refractivity contribution < 1.29 is 4.79 Å². The van der Waals surface area contributed by atoms with Gasteiger partial charge in [-0.3, -0.25) is 4.79 Å². The van der Waals surface area contributed by atoms with Crippen LogP contribution in [0.3, 0.4) is 0 Å². The normalized spacial score (nSPS) is 47.3. The molecule has 130 valence electrons. The second kappa shape index (κ2) is 6.22. The first kappa shape index (κ1) is 16.2. The first-order valence-electron chi connectivity index (χ1n) is 9.78. The molecule has 6 aliphatic rings. The standard InChI is InChI=1S/C19H30N2O.ClH/c22-19(10-14-6-16-1-2-17(7-14)20-16)21-11-15-4-12-3-13(5-15)9-18(21)8-12;/h12-18,20H,1-11H2;1H. The minimum atomic E-state index is 0. The lowest BCUT2D eigenvalue weighted by molar-refractivity contribution is -0.135. The summed E-state index contributed by atoms with van der Waals surface area (Å²) < 4.78 is 0. The summed E-state index contributed by atoms with van der Waals surface area (Å²) in [6.07, 6.45) is 12.9. The lowest BCUT2D eigenvalue weighted by Crippen LogP contribution is -2.44. The summed E-state index contributed by atoms with van der Waals surface area (Å²) in [6.45, 7) is 1.09. The third-order valence-electron chi connectivity index (χ3n) is 7.46. The van der Waals surface area contributed by atoms with Gasteiger partial charge in [-0.1, -0.05) is 0 Å². The van der Waals surface area contributed by atoms with Crippen LogP contribution in [0.1, 0.15) is 64.2 Å². The quantitative estimate of drug-likeness (QED) is 0.837. The van der Waals surface area contributed by atoms with E-state index in [1.165, 1.54) is 57.8 Å². The van der Waals surface area contributed by atoms with Crippen molar-refractivity contribution in [3.05, 3.63) is 0 Å². The first-order chi connectivity index (χ1) is 10.7.